The lowest BCUT2D eigenvalue weighted by atomic mass is 9.84. The predicted molar refractivity (Wildman–Crippen MR) is 130 cm³/mol. The number of aromatic nitrogens is 3. The molecule has 1 aliphatic carbocycles. The number of aryl methyl sites for hydroxylation is 1. The highest BCUT2D eigenvalue weighted by molar-refractivity contribution is 7.14. The quantitative estimate of drug-likeness (QED) is 0.437. The third-order valence-corrected chi connectivity index (χ3v) is 8.20. The number of pyridine rings is 1. The number of hydrogen-bond acceptors (Lipinski definition) is 8. The zero-order chi connectivity index (χ0) is 26.1. The van der Waals surface area contributed by atoms with Crippen LogP contribution in [0.15, 0.2) is 45.9 Å². The number of hydrogen-bond donors (Lipinski definition) is 1. The van der Waals surface area contributed by atoms with Gasteiger partial charge in [-0.15, -0.1) is 10.2 Å². The molecule has 0 fully saturated rings. The number of carbonyl (C=O) groups excluding carboxylic acids is 1. The molecular weight excluding hydrogens is 504 g/mol. The normalized spacial score (nSPS) is 18.9. The van der Waals surface area contributed by atoms with Gasteiger partial charge in [-0.2, -0.15) is 0 Å². The topological polar surface area (TPSA) is 105 Å². The largest absolute Gasteiger partial charge is 0.502 e. The molecule has 4 aromatic rings. The lowest BCUT2D eigenvalue weighted by molar-refractivity contribution is 0.0298. The number of rotatable bonds is 3. The monoisotopic (exact) mass is 525 g/mol. The first kappa shape index (κ1) is 23.3. The third kappa shape index (κ3) is 3.31. The fourth-order valence-corrected chi connectivity index (χ4v) is 6.24. The molecule has 37 heavy (non-hydrogen) atoms. The van der Waals surface area contributed by atoms with Gasteiger partial charge in [-0.25, -0.2) is 8.78 Å². The van der Waals surface area contributed by atoms with Gasteiger partial charge in [-0.05, 0) is 30.5 Å². The van der Waals surface area contributed by atoms with Crippen LogP contribution < -0.4 is 10.4 Å². The predicted octanol–water partition coefficient (Wildman–Crippen LogP) is 3.38. The van der Waals surface area contributed by atoms with Crippen LogP contribution in [0.5, 0.6) is 5.75 Å². The average Bonchev–Trinajstić information content (AvgIpc) is 3.55. The minimum absolute atomic E-state index is 0.0483. The van der Waals surface area contributed by atoms with E-state index in [9.17, 15) is 23.5 Å². The van der Waals surface area contributed by atoms with E-state index in [2.05, 4.69) is 10.2 Å². The SMILES string of the molecule is CN1C(=O)c2c(O)c(=O)c(-c3nnc(Cc4ccc(F)cc4F)s3)cn2N(C)C12CCCc1occc12. The molecule has 0 saturated carbocycles. The Morgan fingerprint density at radius 1 is 1.19 bits per heavy atom. The molecule has 1 atom stereocenters. The second-order valence-electron chi connectivity index (χ2n) is 9.14. The highest BCUT2D eigenvalue weighted by Crippen LogP contribution is 2.45. The number of furan rings is 1. The van der Waals surface area contributed by atoms with Crippen LogP contribution in [0, 0.1) is 11.6 Å². The minimum Gasteiger partial charge on any atom is -0.502 e. The van der Waals surface area contributed by atoms with Gasteiger partial charge < -0.3 is 14.4 Å². The fourth-order valence-electron chi connectivity index (χ4n) is 5.37. The van der Waals surface area contributed by atoms with Crippen LogP contribution in [0.2, 0.25) is 0 Å². The van der Waals surface area contributed by atoms with Crippen molar-refractivity contribution in [2.75, 3.05) is 19.1 Å². The summed E-state index contributed by atoms with van der Waals surface area (Å²) in [7, 11) is 3.43. The Morgan fingerprint density at radius 2 is 2.00 bits per heavy atom. The Kier molecular flexibility index (Phi) is 5.19. The number of nitrogens with zero attached hydrogens (tertiary/aromatic N) is 5. The molecule has 4 heterocycles. The first-order valence-electron chi connectivity index (χ1n) is 11.6. The summed E-state index contributed by atoms with van der Waals surface area (Å²) in [6.45, 7) is 0. The van der Waals surface area contributed by atoms with Crippen molar-refractivity contribution in [1.29, 1.82) is 0 Å². The van der Waals surface area contributed by atoms with Crippen molar-refractivity contribution >= 4 is 17.2 Å². The Morgan fingerprint density at radius 3 is 2.78 bits per heavy atom. The van der Waals surface area contributed by atoms with Gasteiger partial charge >= 0.3 is 0 Å². The Bertz CT molecular complexity index is 1630. The summed E-state index contributed by atoms with van der Waals surface area (Å²) in [5.74, 6) is -1.80. The van der Waals surface area contributed by atoms with Gasteiger partial charge in [0.05, 0.1) is 11.8 Å². The number of carbonyl (C=O) groups is 1. The summed E-state index contributed by atoms with van der Waals surface area (Å²) in [5, 5.41) is 21.5. The first-order chi connectivity index (χ1) is 17.7. The van der Waals surface area contributed by atoms with Crippen LogP contribution in [0.25, 0.3) is 10.6 Å². The third-order valence-electron chi connectivity index (χ3n) is 7.25. The van der Waals surface area contributed by atoms with Crippen molar-refractivity contribution in [3.63, 3.8) is 0 Å². The molecule has 1 amide bonds. The van der Waals surface area contributed by atoms with E-state index in [-0.39, 0.29) is 28.2 Å². The molecule has 1 unspecified atom stereocenters. The molecule has 9 nitrogen and oxygen atoms in total. The lowest BCUT2D eigenvalue weighted by Crippen LogP contribution is -2.66. The summed E-state index contributed by atoms with van der Waals surface area (Å²) < 4.78 is 34.5. The van der Waals surface area contributed by atoms with Crippen molar-refractivity contribution in [3.05, 3.63) is 86.2 Å². The van der Waals surface area contributed by atoms with Gasteiger partial charge in [0.2, 0.25) is 5.43 Å². The molecule has 0 radical (unpaired) electrons. The molecule has 12 heteroatoms. The fraction of sp³-hybridized carbons (Fsp3) is 0.280. The van der Waals surface area contributed by atoms with E-state index in [1.807, 2.05) is 11.1 Å². The molecule has 2 aliphatic rings. The number of fused-ring (bicyclic) bond motifs is 3. The van der Waals surface area contributed by atoms with Gasteiger partial charge in [-0.1, -0.05) is 17.4 Å². The van der Waals surface area contributed by atoms with Crippen LogP contribution in [-0.2, 0) is 18.5 Å². The van der Waals surface area contributed by atoms with Crippen LogP contribution in [0.4, 0.5) is 8.78 Å². The maximum Gasteiger partial charge on any atom is 0.278 e. The van der Waals surface area contributed by atoms with Gasteiger partial charge in [0, 0.05) is 44.8 Å². The zero-order valence-corrected chi connectivity index (χ0v) is 20.7. The molecule has 3 aromatic heterocycles. The highest BCUT2D eigenvalue weighted by atomic mass is 32.1. The Labute approximate surface area is 213 Å². The van der Waals surface area contributed by atoms with Gasteiger partial charge in [0.25, 0.3) is 5.91 Å². The Hall–Kier alpha value is -4.06. The smallest absolute Gasteiger partial charge is 0.278 e. The summed E-state index contributed by atoms with van der Waals surface area (Å²) in [4.78, 5) is 28.2. The molecule has 1 N–H and O–H groups in total. The highest BCUT2D eigenvalue weighted by Gasteiger charge is 2.52. The zero-order valence-electron chi connectivity index (χ0n) is 19.9. The summed E-state index contributed by atoms with van der Waals surface area (Å²) >= 11 is 1.05. The molecule has 0 saturated heterocycles. The molecular formula is C25H21F2N5O4S. The number of halogens is 2. The standard InChI is InChI=1S/C25H21F2N5O4S/c1-30-24(35)20-22(34)21(33)15(23-29-28-19(37-23)10-13-5-6-14(26)11-17(13)27)12-32(20)31(2)25(30)8-3-4-18-16(25)7-9-36-18/h5-7,9,11-12,34H,3-4,8,10H2,1-2H3. The van der Waals surface area contributed by atoms with E-state index < -0.39 is 34.4 Å². The first-order valence-corrected chi connectivity index (χ1v) is 12.4. The average molecular weight is 526 g/mol. The minimum atomic E-state index is -0.879. The van der Waals surface area contributed by atoms with Crippen molar-refractivity contribution < 1.29 is 23.1 Å². The van der Waals surface area contributed by atoms with Crippen molar-refractivity contribution in [2.45, 2.75) is 31.3 Å². The molecule has 1 aromatic carbocycles. The van der Waals surface area contributed by atoms with Crippen LogP contribution in [0.3, 0.4) is 0 Å². The van der Waals surface area contributed by atoms with E-state index in [1.54, 1.807) is 20.4 Å². The van der Waals surface area contributed by atoms with E-state index in [1.165, 1.54) is 21.8 Å². The van der Waals surface area contributed by atoms with Crippen LogP contribution in [0.1, 0.15) is 45.2 Å². The van der Waals surface area contributed by atoms with E-state index in [0.29, 0.717) is 11.4 Å². The molecule has 0 bridgehead atoms. The van der Waals surface area contributed by atoms with Crippen LogP contribution in [-0.4, -0.2) is 44.9 Å². The summed E-state index contributed by atoms with van der Waals surface area (Å²) in [6, 6.07) is 5.12. The summed E-state index contributed by atoms with van der Waals surface area (Å²) in [6.07, 6.45) is 5.26. The van der Waals surface area contributed by atoms with E-state index >= 15 is 0 Å². The maximum absolute atomic E-state index is 14.1. The maximum atomic E-state index is 14.1. The molecule has 190 valence electrons. The van der Waals surface area contributed by atoms with Gasteiger partial charge in [-0.3, -0.25) is 19.3 Å². The van der Waals surface area contributed by atoms with Crippen molar-refractivity contribution in [1.82, 2.24) is 19.8 Å². The van der Waals surface area contributed by atoms with Crippen molar-refractivity contribution in [2.24, 2.45) is 0 Å². The van der Waals surface area contributed by atoms with E-state index in [4.69, 9.17) is 4.42 Å². The number of benzene rings is 1. The second kappa shape index (κ2) is 8.23. The number of aromatic hydroxyl groups is 1. The second-order valence-corrected chi connectivity index (χ2v) is 10.2. The molecule has 1 aliphatic heterocycles. The summed E-state index contributed by atoms with van der Waals surface area (Å²) in [5.41, 5.74) is -0.666. The van der Waals surface area contributed by atoms with E-state index in [0.717, 1.165) is 47.6 Å². The lowest BCUT2D eigenvalue weighted by Gasteiger charge is -2.54. The van der Waals surface area contributed by atoms with Gasteiger partial charge in [0.1, 0.15) is 22.4 Å². The van der Waals surface area contributed by atoms with Gasteiger partial charge in [0.15, 0.2) is 22.1 Å². The van der Waals surface area contributed by atoms with Crippen molar-refractivity contribution in [3.8, 4) is 16.3 Å². The molecule has 6 rings (SSSR count). The Balaban J connectivity index is 1.45. The number of amides is 1. The van der Waals surface area contributed by atoms with Crippen LogP contribution >= 0.6 is 11.3 Å². The molecule has 1 spiro atoms.